The first kappa shape index (κ1) is 11.0. The van der Waals surface area contributed by atoms with Crippen molar-refractivity contribution in [3.8, 4) is 0 Å². The van der Waals surface area contributed by atoms with Gasteiger partial charge in [-0.3, -0.25) is 9.78 Å². The van der Waals surface area contributed by atoms with E-state index in [1.165, 1.54) is 0 Å². The van der Waals surface area contributed by atoms with Gasteiger partial charge in [0.25, 0.3) is 0 Å². The van der Waals surface area contributed by atoms with Gasteiger partial charge in [0.1, 0.15) is 5.69 Å². The zero-order valence-electron chi connectivity index (χ0n) is 8.77. The molecule has 16 heavy (non-hydrogen) atoms. The fraction of sp³-hybridized carbons (Fsp3) is 0.0769. The second-order valence-electron chi connectivity index (χ2n) is 3.56. The van der Waals surface area contributed by atoms with Crippen LogP contribution < -0.4 is 0 Å². The maximum absolute atomic E-state index is 12.1. The zero-order valence-corrected chi connectivity index (χ0v) is 10.4. The Morgan fingerprint density at radius 2 is 2.06 bits per heavy atom. The number of pyridine rings is 1. The van der Waals surface area contributed by atoms with Crippen molar-refractivity contribution in [3.63, 3.8) is 0 Å². The van der Waals surface area contributed by atoms with Crippen molar-refractivity contribution in [2.24, 2.45) is 0 Å². The van der Waals surface area contributed by atoms with Crippen molar-refractivity contribution in [1.29, 1.82) is 0 Å². The topological polar surface area (TPSA) is 30.0 Å². The van der Waals surface area contributed by atoms with Gasteiger partial charge in [-0.1, -0.05) is 28.1 Å². The van der Waals surface area contributed by atoms with E-state index in [0.29, 0.717) is 11.3 Å². The van der Waals surface area contributed by atoms with Gasteiger partial charge in [-0.25, -0.2) is 0 Å². The van der Waals surface area contributed by atoms with E-state index in [1.54, 1.807) is 24.4 Å². The van der Waals surface area contributed by atoms with Crippen LogP contribution in [0.4, 0.5) is 0 Å². The molecule has 0 saturated carbocycles. The summed E-state index contributed by atoms with van der Waals surface area (Å²) in [5.74, 6) is -0.0509. The van der Waals surface area contributed by atoms with Crippen LogP contribution in [0.5, 0.6) is 0 Å². The number of halogens is 1. The Morgan fingerprint density at radius 3 is 2.75 bits per heavy atom. The number of rotatable bonds is 2. The maximum Gasteiger partial charge on any atom is 0.211 e. The first-order valence-electron chi connectivity index (χ1n) is 4.90. The Hall–Kier alpha value is -1.48. The predicted molar refractivity (Wildman–Crippen MR) is 66.5 cm³/mol. The third-order valence-corrected chi connectivity index (χ3v) is 2.73. The first-order valence-corrected chi connectivity index (χ1v) is 5.69. The highest BCUT2D eigenvalue weighted by Gasteiger charge is 2.10. The first-order chi connectivity index (χ1) is 7.66. The largest absolute Gasteiger partial charge is 0.287 e. The molecule has 2 rings (SSSR count). The van der Waals surface area contributed by atoms with Crippen LogP contribution in [0.1, 0.15) is 21.6 Å². The van der Waals surface area contributed by atoms with Crippen LogP contribution in [0.25, 0.3) is 0 Å². The fourth-order valence-electron chi connectivity index (χ4n) is 1.44. The number of aromatic nitrogens is 1. The van der Waals surface area contributed by atoms with E-state index in [4.69, 9.17) is 0 Å². The molecule has 80 valence electrons. The molecular formula is C13H10BrNO. The van der Waals surface area contributed by atoms with Crippen LogP contribution in [0.2, 0.25) is 0 Å². The third-order valence-electron chi connectivity index (χ3n) is 2.23. The molecule has 0 aliphatic rings. The van der Waals surface area contributed by atoms with Crippen molar-refractivity contribution in [2.45, 2.75) is 6.92 Å². The summed E-state index contributed by atoms with van der Waals surface area (Å²) in [4.78, 5) is 16.1. The van der Waals surface area contributed by atoms with Gasteiger partial charge in [0.15, 0.2) is 0 Å². The Balaban J connectivity index is 2.39. The van der Waals surface area contributed by atoms with E-state index >= 15 is 0 Å². The lowest BCUT2D eigenvalue weighted by Crippen LogP contribution is -2.03. The van der Waals surface area contributed by atoms with Crippen molar-refractivity contribution in [1.82, 2.24) is 4.98 Å². The predicted octanol–water partition coefficient (Wildman–Crippen LogP) is 3.38. The summed E-state index contributed by atoms with van der Waals surface area (Å²) < 4.78 is 0.894. The molecule has 0 radical (unpaired) electrons. The van der Waals surface area contributed by atoms with Gasteiger partial charge in [0.05, 0.1) is 0 Å². The highest BCUT2D eigenvalue weighted by Crippen LogP contribution is 2.14. The van der Waals surface area contributed by atoms with Crippen molar-refractivity contribution in [3.05, 3.63) is 63.9 Å². The van der Waals surface area contributed by atoms with Crippen molar-refractivity contribution in [2.75, 3.05) is 0 Å². The summed E-state index contributed by atoms with van der Waals surface area (Å²) in [6.45, 7) is 1.94. The molecule has 0 unspecified atom stereocenters. The van der Waals surface area contributed by atoms with E-state index in [0.717, 1.165) is 10.0 Å². The minimum absolute atomic E-state index is 0.0509. The van der Waals surface area contributed by atoms with Gasteiger partial charge in [0, 0.05) is 16.2 Å². The van der Waals surface area contributed by atoms with Gasteiger partial charge in [0.2, 0.25) is 5.78 Å². The summed E-state index contributed by atoms with van der Waals surface area (Å²) in [5.41, 5.74) is 2.17. The number of hydrogen-bond acceptors (Lipinski definition) is 2. The molecule has 0 amide bonds. The molecule has 1 aromatic heterocycles. The number of nitrogens with zero attached hydrogens (tertiary/aromatic N) is 1. The minimum atomic E-state index is -0.0509. The van der Waals surface area contributed by atoms with Gasteiger partial charge < -0.3 is 0 Å². The van der Waals surface area contributed by atoms with Crippen molar-refractivity contribution < 1.29 is 4.79 Å². The molecule has 1 heterocycles. The molecule has 0 atom stereocenters. The van der Waals surface area contributed by atoms with Crippen LogP contribution in [0, 0.1) is 6.92 Å². The number of aryl methyl sites for hydroxylation is 1. The summed E-state index contributed by atoms with van der Waals surface area (Å²) in [5, 5.41) is 0. The van der Waals surface area contributed by atoms with Crippen molar-refractivity contribution >= 4 is 21.7 Å². The van der Waals surface area contributed by atoms with E-state index in [9.17, 15) is 4.79 Å². The molecule has 1 aromatic carbocycles. The zero-order chi connectivity index (χ0) is 11.5. The lowest BCUT2D eigenvalue weighted by atomic mass is 10.1. The van der Waals surface area contributed by atoms with Crippen LogP contribution in [-0.2, 0) is 0 Å². The molecule has 0 aliphatic carbocycles. The maximum atomic E-state index is 12.1. The summed E-state index contributed by atoms with van der Waals surface area (Å²) in [7, 11) is 0. The number of carbonyl (C=O) groups is 1. The quantitative estimate of drug-likeness (QED) is 0.787. The highest BCUT2D eigenvalue weighted by atomic mass is 79.9. The van der Waals surface area contributed by atoms with Gasteiger partial charge >= 0.3 is 0 Å². The number of benzene rings is 1. The highest BCUT2D eigenvalue weighted by molar-refractivity contribution is 9.10. The molecular weight excluding hydrogens is 266 g/mol. The van der Waals surface area contributed by atoms with E-state index in [2.05, 4.69) is 20.9 Å². The lowest BCUT2D eigenvalue weighted by Gasteiger charge is -2.01. The summed E-state index contributed by atoms with van der Waals surface area (Å²) in [6.07, 6.45) is 1.65. The Morgan fingerprint density at radius 1 is 1.25 bits per heavy atom. The monoisotopic (exact) mass is 275 g/mol. The fourth-order valence-corrected chi connectivity index (χ4v) is 1.84. The van der Waals surface area contributed by atoms with E-state index in [1.807, 2.05) is 25.1 Å². The third kappa shape index (κ3) is 2.36. The molecule has 0 aliphatic heterocycles. The Kier molecular flexibility index (Phi) is 3.15. The molecule has 0 N–H and O–H groups in total. The standard InChI is InChI=1S/C13H10BrNO/c1-9-5-6-15-12(7-9)13(16)10-3-2-4-11(14)8-10/h2-8H,1H3. The molecule has 3 heteroatoms. The van der Waals surface area contributed by atoms with Crippen LogP contribution in [0.15, 0.2) is 47.1 Å². The molecule has 0 fully saturated rings. The van der Waals surface area contributed by atoms with Gasteiger partial charge in [-0.05, 0) is 36.8 Å². The average Bonchev–Trinajstić information content (AvgIpc) is 2.28. The van der Waals surface area contributed by atoms with Gasteiger partial charge in [-0.2, -0.15) is 0 Å². The molecule has 0 spiro atoms. The van der Waals surface area contributed by atoms with Crippen LogP contribution in [-0.4, -0.2) is 10.8 Å². The average molecular weight is 276 g/mol. The second kappa shape index (κ2) is 4.58. The number of hydrogen-bond donors (Lipinski definition) is 0. The molecule has 2 nitrogen and oxygen atoms in total. The van der Waals surface area contributed by atoms with E-state index in [-0.39, 0.29) is 5.78 Å². The number of ketones is 1. The lowest BCUT2D eigenvalue weighted by molar-refractivity contribution is 0.103. The van der Waals surface area contributed by atoms with Crippen LogP contribution in [0.3, 0.4) is 0 Å². The van der Waals surface area contributed by atoms with Gasteiger partial charge in [-0.15, -0.1) is 0 Å². The Labute approximate surface area is 102 Å². The smallest absolute Gasteiger partial charge is 0.211 e. The summed E-state index contributed by atoms with van der Waals surface area (Å²) >= 11 is 3.34. The normalized spacial score (nSPS) is 10.1. The molecule has 0 bridgehead atoms. The second-order valence-corrected chi connectivity index (χ2v) is 4.47. The number of carbonyl (C=O) groups excluding carboxylic acids is 1. The molecule has 0 saturated heterocycles. The van der Waals surface area contributed by atoms with Crippen LogP contribution >= 0.6 is 15.9 Å². The SMILES string of the molecule is Cc1ccnc(C(=O)c2cccc(Br)c2)c1. The van der Waals surface area contributed by atoms with E-state index < -0.39 is 0 Å². The minimum Gasteiger partial charge on any atom is -0.287 e. The molecule has 2 aromatic rings. The summed E-state index contributed by atoms with van der Waals surface area (Å²) in [6, 6.07) is 11.0. The Bertz CT molecular complexity index is 489.